The summed E-state index contributed by atoms with van der Waals surface area (Å²) in [7, 11) is 0. The number of ether oxygens (including phenoxy) is 1. The molecular formula is C14H26N2O. The van der Waals surface area contributed by atoms with E-state index in [1.54, 1.807) is 0 Å². The highest BCUT2D eigenvalue weighted by Gasteiger charge is 2.30. The molecule has 0 spiro atoms. The minimum absolute atomic E-state index is 0.485. The summed E-state index contributed by atoms with van der Waals surface area (Å²) in [6.45, 7) is 8.34. The molecule has 0 amide bonds. The van der Waals surface area contributed by atoms with Crippen LogP contribution in [0.5, 0.6) is 0 Å². The fraction of sp³-hybridized carbons (Fsp3) is 1.00. The van der Waals surface area contributed by atoms with Gasteiger partial charge in [-0.1, -0.05) is 0 Å². The van der Waals surface area contributed by atoms with Crippen LogP contribution < -0.4 is 5.32 Å². The van der Waals surface area contributed by atoms with Crippen molar-refractivity contribution in [2.75, 3.05) is 32.8 Å². The van der Waals surface area contributed by atoms with Gasteiger partial charge in [0.25, 0.3) is 0 Å². The lowest BCUT2D eigenvalue weighted by molar-refractivity contribution is 0.0952. The van der Waals surface area contributed by atoms with Crippen LogP contribution in [0.1, 0.15) is 32.6 Å². The molecule has 17 heavy (non-hydrogen) atoms. The SMILES string of the molecule is CC1OCCC1CN1CCC(CNC2CC2)C1. The standard InChI is InChI=1S/C14H26N2O/c1-11-13(5-7-17-11)10-16-6-4-12(9-16)8-15-14-2-3-14/h11-15H,2-10H2,1H3. The van der Waals surface area contributed by atoms with Gasteiger partial charge in [-0.15, -0.1) is 0 Å². The third-order valence-electron chi connectivity index (χ3n) is 4.67. The molecule has 0 aromatic heterocycles. The Hall–Kier alpha value is -0.120. The summed E-state index contributed by atoms with van der Waals surface area (Å²) >= 11 is 0. The highest BCUT2D eigenvalue weighted by atomic mass is 16.5. The quantitative estimate of drug-likeness (QED) is 0.785. The minimum atomic E-state index is 0.485. The van der Waals surface area contributed by atoms with Crippen LogP contribution in [-0.2, 0) is 4.74 Å². The Morgan fingerprint density at radius 2 is 2.12 bits per heavy atom. The molecule has 3 heteroatoms. The Morgan fingerprint density at radius 1 is 1.24 bits per heavy atom. The lowest BCUT2D eigenvalue weighted by Gasteiger charge is -2.22. The molecule has 0 bridgehead atoms. The number of rotatable bonds is 5. The van der Waals surface area contributed by atoms with E-state index in [9.17, 15) is 0 Å². The molecule has 0 aromatic rings. The van der Waals surface area contributed by atoms with Crippen LogP contribution in [0.15, 0.2) is 0 Å². The lowest BCUT2D eigenvalue weighted by atomic mass is 10.0. The van der Waals surface area contributed by atoms with E-state index in [1.807, 2.05) is 0 Å². The van der Waals surface area contributed by atoms with Gasteiger partial charge in [-0.3, -0.25) is 0 Å². The van der Waals surface area contributed by atoms with E-state index in [-0.39, 0.29) is 0 Å². The molecular weight excluding hydrogens is 212 g/mol. The van der Waals surface area contributed by atoms with Crippen LogP contribution in [0.2, 0.25) is 0 Å². The predicted octanol–water partition coefficient (Wildman–Crippen LogP) is 1.49. The first-order chi connectivity index (χ1) is 8.31. The largest absolute Gasteiger partial charge is 0.378 e. The first kappa shape index (κ1) is 11.9. The molecule has 3 aliphatic rings. The second kappa shape index (κ2) is 5.25. The lowest BCUT2D eigenvalue weighted by Crippen LogP contribution is -2.32. The van der Waals surface area contributed by atoms with Gasteiger partial charge in [-0.2, -0.15) is 0 Å². The van der Waals surface area contributed by atoms with Crippen molar-refractivity contribution >= 4 is 0 Å². The maximum absolute atomic E-state index is 5.65. The fourth-order valence-electron chi connectivity index (χ4n) is 3.21. The second-order valence-corrected chi connectivity index (χ2v) is 6.22. The summed E-state index contributed by atoms with van der Waals surface area (Å²) < 4.78 is 5.65. The van der Waals surface area contributed by atoms with Gasteiger partial charge in [-0.05, 0) is 57.5 Å². The van der Waals surface area contributed by atoms with Crippen molar-refractivity contribution in [2.24, 2.45) is 11.8 Å². The highest BCUT2D eigenvalue weighted by molar-refractivity contribution is 4.86. The van der Waals surface area contributed by atoms with Crippen molar-refractivity contribution in [3.63, 3.8) is 0 Å². The predicted molar refractivity (Wildman–Crippen MR) is 69.1 cm³/mol. The Balaban J connectivity index is 1.37. The van der Waals surface area contributed by atoms with E-state index in [0.717, 1.165) is 24.5 Å². The molecule has 3 rings (SSSR count). The van der Waals surface area contributed by atoms with Crippen molar-refractivity contribution in [2.45, 2.75) is 44.8 Å². The van der Waals surface area contributed by atoms with Crippen molar-refractivity contribution in [1.82, 2.24) is 10.2 Å². The molecule has 1 aliphatic carbocycles. The Kier molecular flexibility index (Phi) is 3.69. The molecule has 1 saturated carbocycles. The molecule has 98 valence electrons. The van der Waals surface area contributed by atoms with E-state index < -0.39 is 0 Å². The van der Waals surface area contributed by atoms with Crippen molar-refractivity contribution in [3.05, 3.63) is 0 Å². The zero-order valence-corrected chi connectivity index (χ0v) is 11.0. The summed E-state index contributed by atoms with van der Waals surface area (Å²) in [6.07, 6.45) is 5.96. The van der Waals surface area contributed by atoms with Crippen LogP contribution in [0.4, 0.5) is 0 Å². The first-order valence-electron chi connectivity index (χ1n) is 7.38. The van der Waals surface area contributed by atoms with Gasteiger partial charge in [0.2, 0.25) is 0 Å². The van der Waals surface area contributed by atoms with Gasteiger partial charge in [-0.25, -0.2) is 0 Å². The fourth-order valence-corrected chi connectivity index (χ4v) is 3.21. The third-order valence-corrected chi connectivity index (χ3v) is 4.67. The van der Waals surface area contributed by atoms with Gasteiger partial charge in [0, 0.05) is 25.7 Å². The van der Waals surface area contributed by atoms with Gasteiger partial charge in [0.1, 0.15) is 0 Å². The Labute approximate surface area is 105 Å². The molecule has 2 saturated heterocycles. The molecule has 3 fully saturated rings. The number of nitrogens with one attached hydrogen (secondary N) is 1. The monoisotopic (exact) mass is 238 g/mol. The van der Waals surface area contributed by atoms with Crippen molar-refractivity contribution < 1.29 is 4.74 Å². The van der Waals surface area contributed by atoms with E-state index >= 15 is 0 Å². The van der Waals surface area contributed by atoms with Crippen LogP contribution in [-0.4, -0.2) is 49.8 Å². The molecule has 1 N–H and O–H groups in total. The second-order valence-electron chi connectivity index (χ2n) is 6.22. The van der Waals surface area contributed by atoms with Crippen LogP contribution >= 0.6 is 0 Å². The maximum atomic E-state index is 5.65. The summed E-state index contributed by atoms with van der Waals surface area (Å²) in [6, 6.07) is 0.868. The van der Waals surface area contributed by atoms with Crippen LogP contribution in [0.3, 0.4) is 0 Å². The maximum Gasteiger partial charge on any atom is 0.0588 e. The average Bonchev–Trinajstić information content (AvgIpc) is 2.92. The highest BCUT2D eigenvalue weighted by Crippen LogP contribution is 2.25. The molecule has 2 heterocycles. The topological polar surface area (TPSA) is 24.5 Å². The van der Waals surface area contributed by atoms with E-state index in [2.05, 4.69) is 17.1 Å². The van der Waals surface area contributed by atoms with E-state index in [1.165, 1.54) is 51.9 Å². The summed E-state index contributed by atoms with van der Waals surface area (Å²) in [5.74, 6) is 1.68. The number of nitrogens with zero attached hydrogens (tertiary/aromatic N) is 1. The molecule has 3 nitrogen and oxygen atoms in total. The van der Waals surface area contributed by atoms with Gasteiger partial charge in [0.15, 0.2) is 0 Å². The molecule has 0 aromatic carbocycles. The number of hydrogen-bond acceptors (Lipinski definition) is 3. The normalized spacial score (nSPS) is 39.0. The third kappa shape index (κ3) is 3.21. The molecule has 3 unspecified atom stereocenters. The summed E-state index contributed by atoms with van der Waals surface area (Å²) in [4.78, 5) is 2.66. The van der Waals surface area contributed by atoms with Crippen LogP contribution in [0.25, 0.3) is 0 Å². The van der Waals surface area contributed by atoms with E-state index in [0.29, 0.717) is 6.10 Å². The van der Waals surface area contributed by atoms with Gasteiger partial charge in [0.05, 0.1) is 6.10 Å². The smallest absolute Gasteiger partial charge is 0.0588 e. The number of likely N-dealkylation sites (tertiary alicyclic amines) is 1. The van der Waals surface area contributed by atoms with Crippen LogP contribution in [0, 0.1) is 11.8 Å². The summed E-state index contributed by atoms with van der Waals surface area (Å²) in [5, 5.41) is 3.67. The minimum Gasteiger partial charge on any atom is -0.378 e. The van der Waals surface area contributed by atoms with Gasteiger partial charge < -0.3 is 15.0 Å². The molecule has 0 radical (unpaired) electrons. The van der Waals surface area contributed by atoms with E-state index in [4.69, 9.17) is 4.74 Å². The zero-order valence-electron chi connectivity index (χ0n) is 11.0. The average molecular weight is 238 g/mol. The zero-order chi connectivity index (χ0) is 11.7. The Bertz CT molecular complexity index is 255. The first-order valence-corrected chi connectivity index (χ1v) is 7.38. The Morgan fingerprint density at radius 3 is 2.82 bits per heavy atom. The van der Waals surface area contributed by atoms with Crippen molar-refractivity contribution in [3.8, 4) is 0 Å². The van der Waals surface area contributed by atoms with Gasteiger partial charge >= 0.3 is 0 Å². The molecule has 3 atom stereocenters. The summed E-state index contributed by atoms with van der Waals surface area (Å²) in [5.41, 5.74) is 0. The van der Waals surface area contributed by atoms with Crippen molar-refractivity contribution in [1.29, 1.82) is 0 Å². The number of hydrogen-bond donors (Lipinski definition) is 1. The molecule has 2 aliphatic heterocycles.